The molecule has 9 heteroatoms. The number of thioether (sulfide) groups is 1. The van der Waals surface area contributed by atoms with Crippen LogP contribution in [0.5, 0.6) is 0 Å². The number of fused-ring (bicyclic) bond motifs is 1. The number of ether oxygens (including phenoxy) is 1. The van der Waals surface area contributed by atoms with Crippen molar-refractivity contribution >= 4 is 40.2 Å². The number of nitrogens with one attached hydrogen (secondary N) is 3. The molecule has 28 heavy (non-hydrogen) atoms. The molecule has 0 spiro atoms. The molecule has 3 aromatic rings. The maximum Gasteiger partial charge on any atom is 0.236 e. The molecule has 2 aromatic heterocycles. The first-order chi connectivity index (χ1) is 13.7. The van der Waals surface area contributed by atoms with E-state index in [1.54, 1.807) is 6.07 Å². The monoisotopic (exact) mass is 398 g/mol. The summed E-state index contributed by atoms with van der Waals surface area (Å²) in [4.78, 5) is 21.4. The van der Waals surface area contributed by atoms with E-state index in [0.717, 1.165) is 41.9 Å². The molecule has 3 N–H and O–H groups in total. The van der Waals surface area contributed by atoms with Crippen LogP contribution < -0.4 is 10.6 Å². The topological polar surface area (TPSA) is 105 Å². The van der Waals surface area contributed by atoms with Gasteiger partial charge in [0.05, 0.1) is 17.4 Å². The van der Waals surface area contributed by atoms with Gasteiger partial charge in [-0.15, -0.1) is 0 Å². The van der Waals surface area contributed by atoms with Gasteiger partial charge in [-0.25, -0.2) is 9.97 Å². The van der Waals surface area contributed by atoms with Crippen LogP contribution in [0.1, 0.15) is 18.5 Å². The normalized spacial score (nSPS) is 16.4. The summed E-state index contributed by atoms with van der Waals surface area (Å²) in [7, 11) is 0. The lowest BCUT2D eigenvalue weighted by Gasteiger charge is -2.13. The van der Waals surface area contributed by atoms with Crippen molar-refractivity contribution in [2.45, 2.75) is 31.0 Å². The molecule has 1 amide bonds. The van der Waals surface area contributed by atoms with Gasteiger partial charge in [0.25, 0.3) is 0 Å². The third-order valence-corrected chi connectivity index (χ3v) is 5.26. The molecule has 0 saturated carbocycles. The molecule has 4 rings (SSSR count). The van der Waals surface area contributed by atoms with Crippen LogP contribution in [0, 0.1) is 6.92 Å². The molecular formula is C19H22N6O2S. The largest absolute Gasteiger partial charge is 0.376 e. The average molecular weight is 398 g/mol. The fourth-order valence-electron chi connectivity index (χ4n) is 3.06. The third kappa shape index (κ3) is 4.60. The number of carbonyl (C=O) groups is 1. The van der Waals surface area contributed by atoms with Gasteiger partial charge in [0.2, 0.25) is 5.91 Å². The molecule has 1 aromatic carbocycles. The van der Waals surface area contributed by atoms with Crippen LogP contribution >= 0.6 is 11.8 Å². The number of benzene rings is 1. The highest BCUT2D eigenvalue weighted by Crippen LogP contribution is 2.25. The van der Waals surface area contributed by atoms with E-state index in [4.69, 9.17) is 4.74 Å². The summed E-state index contributed by atoms with van der Waals surface area (Å²) in [6.45, 7) is 3.41. The molecule has 0 bridgehead atoms. The molecule has 1 atom stereocenters. The Morgan fingerprint density at radius 3 is 3.04 bits per heavy atom. The van der Waals surface area contributed by atoms with E-state index in [0.29, 0.717) is 17.5 Å². The van der Waals surface area contributed by atoms with Crippen LogP contribution in [0.3, 0.4) is 0 Å². The van der Waals surface area contributed by atoms with Gasteiger partial charge in [-0.3, -0.25) is 9.89 Å². The van der Waals surface area contributed by atoms with Crippen LogP contribution in [0.4, 0.5) is 11.6 Å². The first kappa shape index (κ1) is 18.7. The van der Waals surface area contributed by atoms with Gasteiger partial charge < -0.3 is 15.4 Å². The molecule has 146 valence electrons. The third-order valence-electron chi connectivity index (χ3n) is 4.41. The van der Waals surface area contributed by atoms with Crippen LogP contribution in [0.25, 0.3) is 10.9 Å². The lowest BCUT2D eigenvalue weighted by atomic mass is 10.2. The van der Waals surface area contributed by atoms with E-state index in [9.17, 15) is 4.79 Å². The summed E-state index contributed by atoms with van der Waals surface area (Å²) in [5.74, 6) is 1.34. The molecule has 3 heterocycles. The average Bonchev–Trinajstić information content (AvgIpc) is 3.36. The zero-order valence-electron chi connectivity index (χ0n) is 15.6. The Morgan fingerprint density at radius 2 is 2.25 bits per heavy atom. The predicted octanol–water partition coefficient (Wildman–Crippen LogP) is 2.98. The van der Waals surface area contributed by atoms with Gasteiger partial charge in [-0.2, -0.15) is 5.10 Å². The Balaban J connectivity index is 1.44. The van der Waals surface area contributed by atoms with Crippen LogP contribution in [-0.4, -0.2) is 51.1 Å². The molecular weight excluding hydrogens is 376 g/mol. The number of aryl methyl sites for hydroxylation is 1. The van der Waals surface area contributed by atoms with Gasteiger partial charge in [-0.05, 0) is 31.9 Å². The maximum atomic E-state index is 12.2. The smallest absolute Gasteiger partial charge is 0.236 e. The minimum absolute atomic E-state index is 0.151. The van der Waals surface area contributed by atoms with Crippen molar-refractivity contribution in [3.63, 3.8) is 0 Å². The van der Waals surface area contributed by atoms with Gasteiger partial charge in [0.1, 0.15) is 5.82 Å². The zero-order valence-corrected chi connectivity index (χ0v) is 16.4. The number of aromatic amines is 1. The molecule has 0 unspecified atom stereocenters. The number of carbonyl (C=O) groups excluding carboxylic acids is 1. The number of hydrogen-bond acceptors (Lipinski definition) is 7. The van der Waals surface area contributed by atoms with E-state index in [1.165, 1.54) is 11.8 Å². The zero-order chi connectivity index (χ0) is 19.3. The minimum atomic E-state index is -0.151. The second-order valence-corrected chi connectivity index (χ2v) is 7.60. The van der Waals surface area contributed by atoms with E-state index in [2.05, 4.69) is 30.8 Å². The van der Waals surface area contributed by atoms with Crippen LogP contribution in [0.2, 0.25) is 0 Å². The Kier molecular flexibility index (Phi) is 5.73. The van der Waals surface area contributed by atoms with Gasteiger partial charge in [0, 0.05) is 30.3 Å². The van der Waals surface area contributed by atoms with Crippen molar-refractivity contribution in [1.29, 1.82) is 0 Å². The van der Waals surface area contributed by atoms with Crippen molar-refractivity contribution in [2.75, 3.05) is 29.5 Å². The number of amides is 1. The highest BCUT2D eigenvalue weighted by Gasteiger charge is 2.17. The Bertz CT molecular complexity index is 970. The first-order valence-electron chi connectivity index (χ1n) is 9.24. The molecule has 1 saturated heterocycles. The minimum Gasteiger partial charge on any atom is -0.376 e. The summed E-state index contributed by atoms with van der Waals surface area (Å²) >= 11 is 1.30. The fraction of sp³-hybridized carbons (Fsp3) is 0.368. The van der Waals surface area contributed by atoms with Gasteiger partial charge in [-0.1, -0.05) is 23.9 Å². The van der Waals surface area contributed by atoms with Crippen molar-refractivity contribution in [3.8, 4) is 0 Å². The highest BCUT2D eigenvalue weighted by molar-refractivity contribution is 7.99. The maximum absolute atomic E-state index is 12.2. The lowest BCUT2D eigenvalue weighted by molar-refractivity contribution is -0.113. The summed E-state index contributed by atoms with van der Waals surface area (Å²) in [5.41, 5.74) is 1.74. The van der Waals surface area contributed by atoms with E-state index in [1.807, 2.05) is 31.2 Å². The van der Waals surface area contributed by atoms with Crippen molar-refractivity contribution < 1.29 is 9.53 Å². The van der Waals surface area contributed by atoms with Gasteiger partial charge >= 0.3 is 0 Å². The fourth-order valence-corrected chi connectivity index (χ4v) is 3.71. The SMILES string of the molecule is Cc1cc(NC(=O)CSc2nc(NC[C@H]3CCCO3)c3ccccc3n2)n[nH]1. The number of hydrogen-bond donors (Lipinski definition) is 3. The standard InChI is InChI=1S/C19H22N6O2S/c1-12-9-16(25-24-12)22-17(26)11-28-19-21-15-7-3-2-6-14(15)18(23-19)20-10-13-5-4-8-27-13/h2-3,6-7,9,13H,4-5,8,10-11H2,1H3,(H,20,21,23)(H2,22,24,25,26)/t13-/m1/s1. The molecule has 1 fully saturated rings. The molecule has 1 aliphatic heterocycles. The summed E-state index contributed by atoms with van der Waals surface area (Å²) in [6, 6.07) is 9.64. The van der Waals surface area contributed by atoms with Crippen LogP contribution in [-0.2, 0) is 9.53 Å². The molecule has 1 aliphatic rings. The Hall–Kier alpha value is -2.65. The summed E-state index contributed by atoms with van der Waals surface area (Å²) < 4.78 is 5.68. The number of aromatic nitrogens is 4. The van der Waals surface area contributed by atoms with E-state index in [-0.39, 0.29) is 17.8 Å². The van der Waals surface area contributed by atoms with Gasteiger partial charge in [0.15, 0.2) is 11.0 Å². The van der Waals surface area contributed by atoms with Crippen molar-refractivity contribution in [3.05, 3.63) is 36.0 Å². The van der Waals surface area contributed by atoms with E-state index >= 15 is 0 Å². The number of rotatable bonds is 7. The Morgan fingerprint density at radius 1 is 1.36 bits per heavy atom. The molecule has 0 aliphatic carbocycles. The van der Waals surface area contributed by atoms with E-state index < -0.39 is 0 Å². The Labute approximate surface area is 166 Å². The second-order valence-electron chi connectivity index (χ2n) is 6.66. The number of nitrogens with zero attached hydrogens (tertiary/aromatic N) is 3. The van der Waals surface area contributed by atoms with Crippen LogP contribution in [0.15, 0.2) is 35.5 Å². The van der Waals surface area contributed by atoms with Crippen molar-refractivity contribution in [2.24, 2.45) is 0 Å². The first-order valence-corrected chi connectivity index (χ1v) is 10.2. The number of anilines is 2. The number of para-hydroxylation sites is 1. The quantitative estimate of drug-likeness (QED) is 0.415. The number of H-pyrrole nitrogens is 1. The molecule has 8 nitrogen and oxygen atoms in total. The highest BCUT2D eigenvalue weighted by atomic mass is 32.2. The predicted molar refractivity (Wildman–Crippen MR) is 110 cm³/mol. The second kappa shape index (κ2) is 8.57. The van der Waals surface area contributed by atoms with Crippen molar-refractivity contribution in [1.82, 2.24) is 20.2 Å². The molecule has 0 radical (unpaired) electrons. The lowest BCUT2D eigenvalue weighted by Crippen LogP contribution is -2.19. The summed E-state index contributed by atoms with van der Waals surface area (Å²) in [6.07, 6.45) is 2.38. The summed E-state index contributed by atoms with van der Waals surface area (Å²) in [5, 5.41) is 14.5.